The Morgan fingerprint density at radius 3 is 2.69 bits per heavy atom. The first-order valence-electron chi connectivity index (χ1n) is 5.72. The number of unbranched alkanes of at least 4 members (excludes halogenated alkanes) is 1. The number of benzene rings is 1. The van der Waals surface area contributed by atoms with Crippen LogP contribution in [-0.2, 0) is 6.54 Å². The second-order valence-corrected chi connectivity index (χ2v) is 3.65. The zero-order valence-corrected chi connectivity index (χ0v) is 9.83. The first-order valence-corrected chi connectivity index (χ1v) is 5.72. The molecule has 1 N–H and O–H groups in total. The summed E-state index contributed by atoms with van der Waals surface area (Å²) in [6.45, 7) is 4.36. The zero-order chi connectivity index (χ0) is 11.6. The summed E-state index contributed by atoms with van der Waals surface area (Å²) in [7, 11) is 0. The van der Waals surface area contributed by atoms with Crippen LogP contribution in [0, 0.1) is 12.3 Å². The van der Waals surface area contributed by atoms with Crippen LogP contribution in [0.1, 0.15) is 25.3 Å². The van der Waals surface area contributed by atoms with Crippen LogP contribution >= 0.6 is 0 Å². The Morgan fingerprint density at radius 1 is 1.31 bits per heavy atom. The summed E-state index contributed by atoms with van der Waals surface area (Å²) in [6, 6.07) is 8.13. The maximum atomic E-state index is 5.57. The molecule has 2 nitrogen and oxygen atoms in total. The SMILES string of the molecule is C#CCNCc1ccc(OCCCC)cc1. The average molecular weight is 217 g/mol. The normalized spacial score (nSPS) is 9.75. The van der Waals surface area contributed by atoms with Crippen LogP contribution in [-0.4, -0.2) is 13.2 Å². The molecule has 0 spiro atoms. The number of hydrogen-bond acceptors (Lipinski definition) is 2. The molecule has 0 amide bonds. The molecule has 0 fully saturated rings. The molecule has 0 radical (unpaired) electrons. The van der Waals surface area contributed by atoms with Gasteiger partial charge in [-0.3, -0.25) is 0 Å². The van der Waals surface area contributed by atoms with E-state index in [4.69, 9.17) is 11.2 Å². The van der Waals surface area contributed by atoms with Gasteiger partial charge in [-0.25, -0.2) is 0 Å². The highest BCUT2D eigenvalue weighted by atomic mass is 16.5. The number of rotatable bonds is 7. The van der Waals surface area contributed by atoms with Crippen LogP contribution in [0.25, 0.3) is 0 Å². The lowest BCUT2D eigenvalue weighted by Gasteiger charge is -2.06. The molecule has 1 aromatic carbocycles. The minimum absolute atomic E-state index is 0.606. The molecule has 2 heteroatoms. The highest BCUT2D eigenvalue weighted by molar-refractivity contribution is 5.27. The van der Waals surface area contributed by atoms with Crippen molar-refractivity contribution in [2.24, 2.45) is 0 Å². The fourth-order valence-electron chi connectivity index (χ4n) is 1.32. The molecule has 0 heterocycles. The Kier molecular flexibility index (Phi) is 6.13. The van der Waals surface area contributed by atoms with E-state index in [2.05, 4.69) is 30.3 Å². The molecule has 1 rings (SSSR count). The Balaban J connectivity index is 2.33. The fraction of sp³-hybridized carbons (Fsp3) is 0.429. The van der Waals surface area contributed by atoms with Crippen LogP contribution in [0.2, 0.25) is 0 Å². The fourth-order valence-corrected chi connectivity index (χ4v) is 1.32. The quantitative estimate of drug-likeness (QED) is 0.560. The van der Waals surface area contributed by atoms with E-state index in [9.17, 15) is 0 Å². The van der Waals surface area contributed by atoms with Gasteiger partial charge in [-0.05, 0) is 24.1 Å². The standard InChI is InChI=1S/C14H19NO/c1-3-5-11-16-14-8-6-13(7-9-14)12-15-10-4-2/h2,6-9,15H,3,5,10-12H2,1H3. The summed E-state index contributed by atoms with van der Waals surface area (Å²) in [5.41, 5.74) is 1.22. The van der Waals surface area contributed by atoms with Gasteiger partial charge in [-0.2, -0.15) is 0 Å². The molecule has 16 heavy (non-hydrogen) atoms. The van der Waals surface area contributed by atoms with E-state index in [0.29, 0.717) is 6.54 Å². The molecule has 0 atom stereocenters. The Morgan fingerprint density at radius 2 is 2.06 bits per heavy atom. The van der Waals surface area contributed by atoms with E-state index in [1.807, 2.05) is 12.1 Å². The van der Waals surface area contributed by atoms with Crippen molar-refractivity contribution in [3.63, 3.8) is 0 Å². The van der Waals surface area contributed by atoms with E-state index in [1.54, 1.807) is 0 Å². The highest BCUT2D eigenvalue weighted by Gasteiger charge is 1.94. The summed E-state index contributed by atoms with van der Waals surface area (Å²) in [6.07, 6.45) is 7.42. The molecule has 0 aromatic heterocycles. The molecule has 86 valence electrons. The van der Waals surface area contributed by atoms with Crippen LogP contribution in [0.4, 0.5) is 0 Å². The van der Waals surface area contributed by atoms with Gasteiger partial charge in [-0.15, -0.1) is 6.42 Å². The minimum Gasteiger partial charge on any atom is -0.494 e. The van der Waals surface area contributed by atoms with E-state index >= 15 is 0 Å². The van der Waals surface area contributed by atoms with Gasteiger partial charge in [0.25, 0.3) is 0 Å². The van der Waals surface area contributed by atoms with E-state index < -0.39 is 0 Å². The molecular formula is C14H19NO. The van der Waals surface area contributed by atoms with Crippen LogP contribution in [0.5, 0.6) is 5.75 Å². The molecule has 0 aliphatic carbocycles. The second kappa shape index (κ2) is 7.78. The maximum absolute atomic E-state index is 5.57. The van der Waals surface area contributed by atoms with Crippen molar-refractivity contribution in [3.8, 4) is 18.1 Å². The number of hydrogen-bond donors (Lipinski definition) is 1. The number of terminal acetylenes is 1. The average Bonchev–Trinajstić information content (AvgIpc) is 2.32. The lowest BCUT2D eigenvalue weighted by molar-refractivity contribution is 0.309. The summed E-state index contributed by atoms with van der Waals surface area (Å²) in [5, 5.41) is 3.15. The maximum Gasteiger partial charge on any atom is 0.119 e. The molecule has 1 aromatic rings. The zero-order valence-electron chi connectivity index (χ0n) is 9.83. The smallest absolute Gasteiger partial charge is 0.119 e. The van der Waals surface area contributed by atoms with Gasteiger partial charge in [0, 0.05) is 6.54 Å². The van der Waals surface area contributed by atoms with Gasteiger partial charge < -0.3 is 10.1 Å². The van der Waals surface area contributed by atoms with Gasteiger partial charge in [0.05, 0.1) is 13.2 Å². The Labute approximate surface area is 98.0 Å². The van der Waals surface area contributed by atoms with Gasteiger partial charge in [0.2, 0.25) is 0 Å². The van der Waals surface area contributed by atoms with Crippen LogP contribution in [0.3, 0.4) is 0 Å². The molecule has 0 saturated carbocycles. The second-order valence-electron chi connectivity index (χ2n) is 3.65. The van der Waals surface area contributed by atoms with E-state index in [0.717, 1.165) is 31.7 Å². The third kappa shape index (κ3) is 4.86. The summed E-state index contributed by atoms with van der Waals surface area (Å²) in [4.78, 5) is 0. The van der Waals surface area contributed by atoms with Gasteiger partial charge >= 0.3 is 0 Å². The van der Waals surface area contributed by atoms with Crippen molar-refractivity contribution in [2.45, 2.75) is 26.3 Å². The van der Waals surface area contributed by atoms with E-state index in [-0.39, 0.29) is 0 Å². The third-order valence-corrected chi connectivity index (χ3v) is 2.25. The molecule has 0 bridgehead atoms. The predicted molar refractivity (Wildman–Crippen MR) is 67.4 cm³/mol. The Bertz CT molecular complexity index is 324. The van der Waals surface area contributed by atoms with Crippen LogP contribution < -0.4 is 10.1 Å². The van der Waals surface area contributed by atoms with Crippen molar-refractivity contribution in [1.29, 1.82) is 0 Å². The lowest BCUT2D eigenvalue weighted by atomic mass is 10.2. The van der Waals surface area contributed by atoms with Crippen molar-refractivity contribution in [2.75, 3.05) is 13.2 Å². The number of ether oxygens (including phenoxy) is 1. The van der Waals surface area contributed by atoms with Gasteiger partial charge in [0.1, 0.15) is 5.75 Å². The highest BCUT2D eigenvalue weighted by Crippen LogP contribution is 2.12. The predicted octanol–water partition coefficient (Wildman–Crippen LogP) is 2.59. The molecule has 0 unspecified atom stereocenters. The topological polar surface area (TPSA) is 21.3 Å². The van der Waals surface area contributed by atoms with E-state index in [1.165, 1.54) is 5.56 Å². The third-order valence-electron chi connectivity index (χ3n) is 2.25. The monoisotopic (exact) mass is 217 g/mol. The summed E-state index contributed by atoms with van der Waals surface area (Å²) >= 11 is 0. The number of nitrogens with one attached hydrogen (secondary N) is 1. The summed E-state index contributed by atoms with van der Waals surface area (Å²) < 4.78 is 5.57. The van der Waals surface area contributed by atoms with Gasteiger partial charge in [-0.1, -0.05) is 31.4 Å². The molecular weight excluding hydrogens is 198 g/mol. The first kappa shape index (κ1) is 12.6. The molecule has 0 saturated heterocycles. The van der Waals surface area contributed by atoms with Crippen LogP contribution in [0.15, 0.2) is 24.3 Å². The summed E-state index contributed by atoms with van der Waals surface area (Å²) in [5.74, 6) is 3.49. The van der Waals surface area contributed by atoms with Crippen molar-refractivity contribution in [1.82, 2.24) is 5.32 Å². The lowest BCUT2D eigenvalue weighted by Crippen LogP contribution is -2.12. The first-order chi connectivity index (χ1) is 7.86. The largest absolute Gasteiger partial charge is 0.494 e. The van der Waals surface area contributed by atoms with Crippen molar-refractivity contribution in [3.05, 3.63) is 29.8 Å². The van der Waals surface area contributed by atoms with Crippen molar-refractivity contribution >= 4 is 0 Å². The van der Waals surface area contributed by atoms with Crippen molar-refractivity contribution < 1.29 is 4.74 Å². The van der Waals surface area contributed by atoms with Gasteiger partial charge in [0.15, 0.2) is 0 Å². The molecule has 0 aliphatic heterocycles. The Hall–Kier alpha value is -1.46. The minimum atomic E-state index is 0.606. The molecule has 0 aliphatic rings.